The fourth-order valence-electron chi connectivity index (χ4n) is 1.62. The van der Waals surface area contributed by atoms with Gasteiger partial charge in [0.25, 0.3) is 0 Å². The highest BCUT2D eigenvalue weighted by atomic mass is 16.6. The van der Waals surface area contributed by atoms with Gasteiger partial charge in [-0.2, -0.15) is 0 Å². The van der Waals surface area contributed by atoms with Crippen LogP contribution in [0.2, 0.25) is 0 Å². The minimum absolute atomic E-state index is 0.0435. The van der Waals surface area contributed by atoms with Crippen molar-refractivity contribution in [3.63, 3.8) is 0 Å². The minimum atomic E-state index is -1.16. The van der Waals surface area contributed by atoms with Gasteiger partial charge in [-0.05, 0) is 25.5 Å². The van der Waals surface area contributed by atoms with Crippen molar-refractivity contribution in [1.29, 1.82) is 0 Å². The summed E-state index contributed by atoms with van der Waals surface area (Å²) < 4.78 is 5.33. The molecular formula is C9H11NO2. The summed E-state index contributed by atoms with van der Waals surface area (Å²) in [4.78, 5) is 3.95. The van der Waals surface area contributed by atoms with Crippen LogP contribution in [-0.2, 0) is 10.5 Å². The molecule has 2 unspecified atom stereocenters. The van der Waals surface area contributed by atoms with Crippen LogP contribution in [0.3, 0.4) is 0 Å². The van der Waals surface area contributed by atoms with Gasteiger partial charge in [0.05, 0.1) is 6.10 Å². The predicted molar refractivity (Wildman–Crippen MR) is 43.3 cm³/mol. The molecule has 0 aliphatic carbocycles. The maximum absolute atomic E-state index is 9.75. The molecule has 0 saturated carbocycles. The molecule has 12 heavy (non-hydrogen) atoms. The summed E-state index contributed by atoms with van der Waals surface area (Å²) in [6.07, 6.45) is 3.32. The van der Waals surface area contributed by atoms with Crippen molar-refractivity contribution in [3.8, 4) is 0 Å². The van der Waals surface area contributed by atoms with Crippen molar-refractivity contribution in [1.82, 2.24) is 4.98 Å². The quantitative estimate of drug-likeness (QED) is 0.630. The minimum Gasteiger partial charge on any atom is -0.362 e. The Balaban J connectivity index is 2.58. The van der Waals surface area contributed by atoms with E-state index in [1.807, 2.05) is 13.0 Å². The molecule has 0 fully saturated rings. The first kappa shape index (κ1) is 7.71. The molecule has 3 heteroatoms. The highest BCUT2D eigenvalue weighted by Crippen LogP contribution is 2.40. The molecule has 0 radical (unpaired) electrons. The number of nitrogens with zero attached hydrogens (tertiary/aromatic N) is 1. The summed E-state index contributed by atoms with van der Waals surface area (Å²) >= 11 is 0. The van der Waals surface area contributed by atoms with Crippen LogP contribution in [0.1, 0.15) is 31.1 Å². The monoisotopic (exact) mass is 165 g/mol. The zero-order valence-corrected chi connectivity index (χ0v) is 7.11. The summed E-state index contributed by atoms with van der Waals surface area (Å²) in [7, 11) is 0. The Morgan fingerprint density at radius 1 is 1.67 bits per heavy atom. The maximum atomic E-state index is 9.75. The number of rotatable bonds is 0. The average Bonchev–Trinajstić information content (AvgIpc) is 2.25. The second-order valence-electron chi connectivity index (χ2n) is 3.21. The van der Waals surface area contributed by atoms with E-state index >= 15 is 0 Å². The first-order valence-electron chi connectivity index (χ1n) is 3.96. The van der Waals surface area contributed by atoms with Crippen LogP contribution >= 0.6 is 0 Å². The smallest absolute Gasteiger partial charge is 0.191 e. The van der Waals surface area contributed by atoms with Crippen LogP contribution in [0.25, 0.3) is 0 Å². The lowest BCUT2D eigenvalue weighted by atomic mass is 10.0. The molecule has 0 bridgehead atoms. The van der Waals surface area contributed by atoms with Gasteiger partial charge in [-0.1, -0.05) is 0 Å². The Morgan fingerprint density at radius 3 is 3.08 bits per heavy atom. The number of hydrogen-bond acceptors (Lipinski definition) is 3. The summed E-state index contributed by atoms with van der Waals surface area (Å²) in [6, 6.07) is 1.88. The molecule has 2 rings (SSSR count). The first-order valence-corrected chi connectivity index (χ1v) is 3.96. The maximum Gasteiger partial charge on any atom is 0.191 e. The number of fused-ring (bicyclic) bond motifs is 1. The molecule has 1 aromatic rings. The lowest BCUT2D eigenvalue weighted by Gasteiger charge is -2.16. The fourth-order valence-corrected chi connectivity index (χ4v) is 1.62. The molecule has 1 aliphatic rings. The lowest BCUT2D eigenvalue weighted by Crippen LogP contribution is -2.19. The molecule has 0 saturated heterocycles. The molecule has 2 heterocycles. The van der Waals surface area contributed by atoms with Crippen LogP contribution in [0.5, 0.6) is 0 Å². The first-order chi connectivity index (χ1) is 5.61. The SMILES string of the molecule is CC1OC(C)(O)c2cnccc21. The average molecular weight is 165 g/mol. The standard InChI is InChI=1S/C9H11NO2/c1-6-7-3-4-10-5-8(7)9(2,11)12-6/h3-6,11H,1-2H3. The Labute approximate surface area is 71.0 Å². The summed E-state index contributed by atoms with van der Waals surface area (Å²) in [5, 5.41) is 9.75. The number of pyridine rings is 1. The van der Waals surface area contributed by atoms with Gasteiger partial charge in [-0.25, -0.2) is 0 Å². The van der Waals surface area contributed by atoms with E-state index in [4.69, 9.17) is 4.74 Å². The summed E-state index contributed by atoms with van der Waals surface area (Å²) in [6.45, 7) is 3.55. The van der Waals surface area contributed by atoms with Gasteiger partial charge < -0.3 is 9.84 Å². The predicted octanol–water partition coefficient (Wildman–Crippen LogP) is 1.34. The van der Waals surface area contributed by atoms with Gasteiger partial charge in [0.15, 0.2) is 5.79 Å². The zero-order chi connectivity index (χ0) is 8.77. The molecule has 1 aromatic heterocycles. The van der Waals surface area contributed by atoms with E-state index in [1.165, 1.54) is 0 Å². The van der Waals surface area contributed by atoms with E-state index in [1.54, 1.807) is 19.3 Å². The normalized spacial score (nSPS) is 33.4. The Bertz CT molecular complexity index is 309. The van der Waals surface area contributed by atoms with Gasteiger partial charge in [0.2, 0.25) is 0 Å². The van der Waals surface area contributed by atoms with Crippen LogP contribution in [0.4, 0.5) is 0 Å². The van der Waals surface area contributed by atoms with E-state index in [9.17, 15) is 5.11 Å². The second-order valence-corrected chi connectivity index (χ2v) is 3.21. The fraction of sp³-hybridized carbons (Fsp3) is 0.444. The van der Waals surface area contributed by atoms with Crippen LogP contribution in [0.15, 0.2) is 18.5 Å². The van der Waals surface area contributed by atoms with Gasteiger partial charge in [-0.3, -0.25) is 4.98 Å². The van der Waals surface area contributed by atoms with E-state index < -0.39 is 5.79 Å². The van der Waals surface area contributed by atoms with Crippen LogP contribution < -0.4 is 0 Å². The molecule has 0 aromatic carbocycles. The molecule has 3 nitrogen and oxygen atoms in total. The topological polar surface area (TPSA) is 42.4 Å². The zero-order valence-electron chi connectivity index (χ0n) is 7.11. The van der Waals surface area contributed by atoms with Crippen LogP contribution in [-0.4, -0.2) is 10.1 Å². The third-order valence-electron chi connectivity index (χ3n) is 2.20. The van der Waals surface area contributed by atoms with Gasteiger partial charge in [0.1, 0.15) is 0 Å². The van der Waals surface area contributed by atoms with Gasteiger partial charge in [0, 0.05) is 18.0 Å². The summed E-state index contributed by atoms with van der Waals surface area (Å²) in [5.41, 5.74) is 1.80. The van der Waals surface area contributed by atoms with Crippen molar-refractivity contribution < 1.29 is 9.84 Å². The molecule has 1 aliphatic heterocycles. The van der Waals surface area contributed by atoms with Crippen molar-refractivity contribution in [3.05, 3.63) is 29.6 Å². The number of hydrogen-bond donors (Lipinski definition) is 1. The Morgan fingerprint density at radius 2 is 2.42 bits per heavy atom. The lowest BCUT2D eigenvalue weighted by molar-refractivity contribution is -0.205. The Hall–Kier alpha value is -0.930. The van der Waals surface area contributed by atoms with Crippen molar-refractivity contribution in [2.75, 3.05) is 0 Å². The van der Waals surface area contributed by atoms with Crippen molar-refractivity contribution in [2.45, 2.75) is 25.7 Å². The van der Waals surface area contributed by atoms with Gasteiger partial charge in [-0.15, -0.1) is 0 Å². The van der Waals surface area contributed by atoms with Crippen LogP contribution in [0, 0.1) is 0 Å². The van der Waals surface area contributed by atoms with E-state index in [0.717, 1.165) is 11.1 Å². The highest BCUT2D eigenvalue weighted by molar-refractivity contribution is 5.32. The molecule has 0 amide bonds. The third-order valence-corrected chi connectivity index (χ3v) is 2.20. The van der Waals surface area contributed by atoms with E-state index in [0.29, 0.717) is 0 Å². The number of aliphatic hydroxyl groups is 1. The largest absolute Gasteiger partial charge is 0.362 e. The van der Waals surface area contributed by atoms with E-state index in [-0.39, 0.29) is 6.10 Å². The molecular weight excluding hydrogens is 154 g/mol. The summed E-state index contributed by atoms with van der Waals surface area (Å²) in [5.74, 6) is -1.16. The van der Waals surface area contributed by atoms with Gasteiger partial charge >= 0.3 is 0 Å². The molecule has 64 valence electrons. The molecule has 1 N–H and O–H groups in total. The van der Waals surface area contributed by atoms with E-state index in [2.05, 4.69) is 4.98 Å². The number of ether oxygens (including phenoxy) is 1. The third kappa shape index (κ3) is 0.940. The van der Waals surface area contributed by atoms with Crippen molar-refractivity contribution >= 4 is 0 Å². The highest BCUT2D eigenvalue weighted by Gasteiger charge is 2.37. The second kappa shape index (κ2) is 2.28. The van der Waals surface area contributed by atoms with Crippen molar-refractivity contribution in [2.24, 2.45) is 0 Å². The molecule has 2 atom stereocenters. The molecule has 0 spiro atoms. The number of aromatic nitrogens is 1. The Kier molecular flexibility index (Phi) is 1.46.